The summed E-state index contributed by atoms with van der Waals surface area (Å²) in [6.45, 7) is 2.34. The van der Waals surface area contributed by atoms with Crippen LogP contribution >= 0.6 is 15.9 Å². The van der Waals surface area contributed by atoms with Gasteiger partial charge in [0, 0.05) is 35.1 Å². The van der Waals surface area contributed by atoms with E-state index < -0.39 is 4.92 Å². The quantitative estimate of drug-likeness (QED) is 0.444. The lowest BCUT2D eigenvalue weighted by Crippen LogP contribution is -2.45. The number of alkyl halides is 1. The molecule has 0 radical (unpaired) electrons. The van der Waals surface area contributed by atoms with Crippen molar-refractivity contribution in [1.82, 2.24) is 4.90 Å². The number of nitro groups is 1. The fourth-order valence-electron chi connectivity index (χ4n) is 2.59. The first kappa shape index (κ1) is 15.9. The molecule has 0 heterocycles. The predicted molar refractivity (Wildman–Crippen MR) is 84.9 cm³/mol. The van der Waals surface area contributed by atoms with Crippen LogP contribution < -0.4 is 0 Å². The first-order chi connectivity index (χ1) is 10.1. The molecule has 6 heteroatoms. The number of hydrogen-bond donors (Lipinski definition) is 0. The summed E-state index contributed by atoms with van der Waals surface area (Å²) in [5, 5.41) is 11.9. The topological polar surface area (TPSA) is 63.5 Å². The van der Waals surface area contributed by atoms with Gasteiger partial charge < -0.3 is 4.90 Å². The van der Waals surface area contributed by atoms with Gasteiger partial charge in [0.2, 0.25) is 0 Å². The van der Waals surface area contributed by atoms with E-state index >= 15 is 0 Å². The summed E-state index contributed by atoms with van der Waals surface area (Å²) in [6.07, 6.45) is 4.09. The normalized spacial score (nSPS) is 14.6. The molecule has 0 bridgehead atoms. The molecule has 1 aliphatic carbocycles. The summed E-state index contributed by atoms with van der Waals surface area (Å²) in [5.41, 5.74) is 0.913. The molecule has 1 fully saturated rings. The first-order valence-corrected chi connectivity index (χ1v) is 8.29. The highest BCUT2D eigenvalue weighted by atomic mass is 79.9. The average Bonchev–Trinajstić information content (AvgIpc) is 2.40. The minimum Gasteiger partial charge on any atom is -0.336 e. The van der Waals surface area contributed by atoms with E-state index in [1.165, 1.54) is 6.07 Å². The van der Waals surface area contributed by atoms with E-state index in [4.69, 9.17) is 0 Å². The molecule has 0 spiro atoms. The Bertz CT molecular complexity index is 544. The van der Waals surface area contributed by atoms with Crippen molar-refractivity contribution in [3.05, 3.63) is 39.4 Å². The van der Waals surface area contributed by atoms with Crippen LogP contribution in [0.3, 0.4) is 0 Å². The molecule has 0 unspecified atom stereocenters. The molecular weight excluding hydrogens is 336 g/mol. The van der Waals surface area contributed by atoms with E-state index in [-0.39, 0.29) is 17.6 Å². The molecule has 1 aromatic carbocycles. The van der Waals surface area contributed by atoms with Crippen LogP contribution in [-0.4, -0.2) is 33.6 Å². The van der Waals surface area contributed by atoms with Gasteiger partial charge in [-0.2, -0.15) is 0 Å². The maximum Gasteiger partial charge on any atom is 0.273 e. The average molecular weight is 355 g/mol. The molecule has 1 aromatic rings. The Kier molecular flexibility index (Phi) is 5.33. The third-order valence-corrected chi connectivity index (χ3v) is 4.60. The van der Waals surface area contributed by atoms with Gasteiger partial charge in [0.1, 0.15) is 0 Å². The van der Waals surface area contributed by atoms with Crippen molar-refractivity contribution < 1.29 is 9.72 Å². The van der Waals surface area contributed by atoms with Crippen LogP contribution in [0, 0.1) is 17.0 Å². The van der Waals surface area contributed by atoms with Gasteiger partial charge in [-0.15, -0.1) is 0 Å². The summed E-state index contributed by atoms with van der Waals surface area (Å²) in [6, 6.07) is 5.00. The van der Waals surface area contributed by atoms with Gasteiger partial charge in [-0.1, -0.05) is 22.0 Å². The lowest BCUT2D eigenvalue weighted by molar-refractivity contribution is -0.385. The second-order valence-electron chi connectivity index (χ2n) is 5.33. The molecule has 0 aliphatic heterocycles. The van der Waals surface area contributed by atoms with Crippen molar-refractivity contribution in [3.63, 3.8) is 0 Å². The minimum atomic E-state index is -0.432. The summed E-state index contributed by atoms with van der Waals surface area (Å²) in [7, 11) is 0. The van der Waals surface area contributed by atoms with Gasteiger partial charge in [0.15, 0.2) is 0 Å². The molecule has 114 valence electrons. The third-order valence-electron chi connectivity index (χ3n) is 4.04. The van der Waals surface area contributed by atoms with Crippen molar-refractivity contribution in [1.29, 1.82) is 0 Å². The maximum atomic E-state index is 12.8. The summed E-state index contributed by atoms with van der Waals surface area (Å²) in [4.78, 5) is 25.2. The summed E-state index contributed by atoms with van der Waals surface area (Å²) < 4.78 is 0. The van der Waals surface area contributed by atoms with Crippen LogP contribution in [-0.2, 0) is 0 Å². The van der Waals surface area contributed by atoms with E-state index in [0.717, 1.165) is 31.0 Å². The summed E-state index contributed by atoms with van der Waals surface area (Å²) >= 11 is 3.39. The Morgan fingerprint density at radius 1 is 1.48 bits per heavy atom. The van der Waals surface area contributed by atoms with Crippen molar-refractivity contribution in [3.8, 4) is 0 Å². The molecule has 1 amide bonds. The highest BCUT2D eigenvalue weighted by molar-refractivity contribution is 9.09. The smallest absolute Gasteiger partial charge is 0.273 e. The minimum absolute atomic E-state index is 0.00917. The Morgan fingerprint density at radius 3 is 2.71 bits per heavy atom. The van der Waals surface area contributed by atoms with E-state index in [1.54, 1.807) is 19.1 Å². The summed E-state index contributed by atoms with van der Waals surface area (Å²) in [5.74, 6) is -0.0816. The van der Waals surface area contributed by atoms with Crippen LogP contribution in [0.4, 0.5) is 5.69 Å². The molecule has 1 saturated carbocycles. The maximum absolute atomic E-state index is 12.8. The van der Waals surface area contributed by atoms with Crippen LogP contribution in [0.25, 0.3) is 0 Å². The number of nitro benzene ring substituents is 1. The van der Waals surface area contributed by atoms with Gasteiger partial charge in [-0.05, 0) is 38.7 Å². The predicted octanol–water partition coefficient (Wildman–Crippen LogP) is 3.68. The lowest BCUT2D eigenvalue weighted by Gasteiger charge is -2.38. The number of halogens is 1. The SMILES string of the molecule is Cc1c(C(=O)N(CCCBr)C2CCC2)cccc1[N+](=O)[O-]. The van der Waals surface area contributed by atoms with Gasteiger partial charge >= 0.3 is 0 Å². The molecule has 0 aromatic heterocycles. The molecule has 5 nitrogen and oxygen atoms in total. The van der Waals surface area contributed by atoms with Crippen molar-refractivity contribution in [2.24, 2.45) is 0 Å². The van der Waals surface area contributed by atoms with Crippen molar-refractivity contribution in [2.75, 3.05) is 11.9 Å². The Balaban J connectivity index is 2.27. The molecule has 2 rings (SSSR count). The molecular formula is C15H19BrN2O3. The van der Waals surface area contributed by atoms with Gasteiger partial charge in [0.25, 0.3) is 11.6 Å². The van der Waals surface area contributed by atoms with E-state index in [0.29, 0.717) is 17.7 Å². The number of carbonyl (C=O) groups excluding carboxylic acids is 1. The largest absolute Gasteiger partial charge is 0.336 e. The fourth-order valence-corrected chi connectivity index (χ4v) is 2.84. The fraction of sp³-hybridized carbons (Fsp3) is 0.533. The molecule has 0 N–H and O–H groups in total. The van der Waals surface area contributed by atoms with Crippen LogP contribution in [0.2, 0.25) is 0 Å². The van der Waals surface area contributed by atoms with Crippen molar-refractivity contribution >= 4 is 27.5 Å². The standard InChI is InChI=1S/C15H19BrN2O3/c1-11-13(7-3-8-14(11)18(20)21)15(19)17(10-4-9-16)12-5-2-6-12/h3,7-8,12H,2,4-6,9-10H2,1H3. The highest BCUT2D eigenvalue weighted by Crippen LogP contribution is 2.29. The number of amides is 1. The van der Waals surface area contributed by atoms with Gasteiger partial charge in [0.05, 0.1) is 4.92 Å². The number of carbonyl (C=O) groups is 1. The van der Waals surface area contributed by atoms with Crippen LogP contribution in [0.15, 0.2) is 18.2 Å². The van der Waals surface area contributed by atoms with Crippen LogP contribution in [0.5, 0.6) is 0 Å². The van der Waals surface area contributed by atoms with Gasteiger partial charge in [-0.3, -0.25) is 14.9 Å². The van der Waals surface area contributed by atoms with E-state index in [9.17, 15) is 14.9 Å². The van der Waals surface area contributed by atoms with Crippen molar-refractivity contribution in [2.45, 2.75) is 38.6 Å². The monoisotopic (exact) mass is 354 g/mol. The zero-order valence-electron chi connectivity index (χ0n) is 12.0. The first-order valence-electron chi connectivity index (χ1n) is 7.17. The lowest BCUT2D eigenvalue weighted by atomic mass is 9.90. The van der Waals surface area contributed by atoms with E-state index in [1.807, 2.05) is 4.90 Å². The second-order valence-corrected chi connectivity index (χ2v) is 6.13. The van der Waals surface area contributed by atoms with E-state index in [2.05, 4.69) is 15.9 Å². The number of rotatable bonds is 6. The zero-order chi connectivity index (χ0) is 15.4. The number of nitrogens with zero attached hydrogens (tertiary/aromatic N) is 2. The Hall–Kier alpha value is -1.43. The molecule has 0 saturated heterocycles. The Morgan fingerprint density at radius 2 is 2.19 bits per heavy atom. The zero-order valence-corrected chi connectivity index (χ0v) is 13.6. The van der Waals surface area contributed by atoms with Gasteiger partial charge in [-0.25, -0.2) is 0 Å². The molecule has 1 aliphatic rings. The third kappa shape index (κ3) is 3.43. The molecule has 0 atom stereocenters. The number of benzene rings is 1. The molecule has 21 heavy (non-hydrogen) atoms. The Labute approximate surface area is 132 Å². The second kappa shape index (κ2) is 7.02. The van der Waals surface area contributed by atoms with Crippen LogP contribution in [0.1, 0.15) is 41.6 Å². The highest BCUT2D eigenvalue weighted by Gasteiger charge is 2.30. The number of hydrogen-bond acceptors (Lipinski definition) is 3.